The van der Waals surface area contributed by atoms with Gasteiger partial charge in [0, 0.05) is 31.4 Å². The van der Waals surface area contributed by atoms with E-state index in [4.69, 9.17) is 17.0 Å². The lowest BCUT2D eigenvalue weighted by Gasteiger charge is -2.33. The van der Waals surface area contributed by atoms with Gasteiger partial charge in [0.1, 0.15) is 11.5 Å². The van der Waals surface area contributed by atoms with Crippen LogP contribution in [0.3, 0.4) is 0 Å². The van der Waals surface area contributed by atoms with E-state index in [-0.39, 0.29) is 0 Å². The van der Waals surface area contributed by atoms with Crippen molar-refractivity contribution in [2.75, 3.05) is 18.4 Å². The molecule has 4 nitrogen and oxygen atoms in total. The number of nitrogens with zero attached hydrogens (tertiary/aromatic N) is 1. The van der Waals surface area contributed by atoms with Crippen molar-refractivity contribution >= 4 is 23.0 Å². The molecule has 154 valence electrons. The third kappa shape index (κ3) is 6.05. The number of likely N-dealkylation sites (tertiary alicyclic amines) is 1. The van der Waals surface area contributed by atoms with Gasteiger partial charge in [0.15, 0.2) is 5.11 Å². The highest BCUT2D eigenvalue weighted by Gasteiger charge is 2.19. The van der Waals surface area contributed by atoms with Crippen LogP contribution in [0.15, 0.2) is 84.9 Å². The van der Waals surface area contributed by atoms with Gasteiger partial charge >= 0.3 is 0 Å². The lowest BCUT2D eigenvalue weighted by atomic mass is 10.0. The molecule has 5 heteroatoms. The normalized spacial score (nSPS) is 14.8. The Balaban J connectivity index is 1.20. The minimum Gasteiger partial charge on any atom is -0.457 e. The second-order valence-electron chi connectivity index (χ2n) is 7.57. The minimum atomic E-state index is 0.415. The van der Waals surface area contributed by atoms with Crippen LogP contribution in [0.25, 0.3) is 0 Å². The number of thiocarbonyl (C=S) groups is 1. The van der Waals surface area contributed by atoms with Crippen molar-refractivity contribution < 1.29 is 4.74 Å². The van der Waals surface area contributed by atoms with E-state index in [1.54, 1.807) is 0 Å². The predicted octanol–water partition coefficient (Wildman–Crippen LogP) is 5.43. The van der Waals surface area contributed by atoms with Crippen LogP contribution >= 0.6 is 12.2 Å². The standard InChI is InChI=1S/C25H27N3OS/c30-25(26-21-11-13-24(14-12-21)29-23-9-5-2-6-10-23)27-22-15-17-28(18-16-22)19-20-7-3-1-4-8-20/h1-14,22H,15-19H2,(H2,26,27,30). The molecule has 0 aliphatic carbocycles. The zero-order valence-corrected chi connectivity index (χ0v) is 17.8. The second-order valence-corrected chi connectivity index (χ2v) is 7.98. The van der Waals surface area contributed by atoms with E-state index in [1.165, 1.54) is 5.56 Å². The van der Waals surface area contributed by atoms with Crippen LogP contribution in [0.2, 0.25) is 0 Å². The van der Waals surface area contributed by atoms with Crippen molar-refractivity contribution in [3.63, 3.8) is 0 Å². The largest absolute Gasteiger partial charge is 0.457 e. The first-order valence-corrected chi connectivity index (χ1v) is 10.8. The lowest BCUT2D eigenvalue weighted by Crippen LogP contribution is -2.45. The molecule has 3 aromatic carbocycles. The molecule has 1 aliphatic heterocycles. The molecule has 2 N–H and O–H groups in total. The fourth-order valence-corrected chi connectivity index (χ4v) is 3.95. The van der Waals surface area contributed by atoms with Gasteiger partial charge in [0.25, 0.3) is 0 Å². The lowest BCUT2D eigenvalue weighted by molar-refractivity contribution is 0.199. The van der Waals surface area contributed by atoms with Gasteiger partial charge in [-0.05, 0) is 67.0 Å². The van der Waals surface area contributed by atoms with Gasteiger partial charge in [-0.1, -0.05) is 48.5 Å². The molecule has 0 bridgehead atoms. The van der Waals surface area contributed by atoms with Crippen molar-refractivity contribution in [3.05, 3.63) is 90.5 Å². The molecule has 1 fully saturated rings. The highest BCUT2D eigenvalue weighted by molar-refractivity contribution is 7.80. The molecule has 0 spiro atoms. The topological polar surface area (TPSA) is 36.5 Å². The van der Waals surface area contributed by atoms with Crippen molar-refractivity contribution in [1.82, 2.24) is 10.2 Å². The summed E-state index contributed by atoms with van der Waals surface area (Å²) >= 11 is 5.52. The third-order valence-corrected chi connectivity index (χ3v) is 5.48. The van der Waals surface area contributed by atoms with Gasteiger partial charge in [0.05, 0.1) is 0 Å². The third-order valence-electron chi connectivity index (χ3n) is 5.26. The van der Waals surface area contributed by atoms with Crippen LogP contribution in [-0.2, 0) is 6.54 Å². The molecule has 0 amide bonds. The maximum Gasteiger partial charge on any atom is 0.170 e. The number of para-hydroxylation sites is 1. The summed E-state index contributed by atoms with van der Waals surface area (Å²) in [5.41, 5.74) is 2.33. The zero-order valence-electron chi connectivity index (χ0n) is 17.0. The Kier molecular flexibility index (Phi) is 6.95. The SMILES string of the molecule is S=C(Nc1ccc(Oc2ccccc2)cc1)NC1CCN(Cc2ccccc2)CC1. The van der Waals surface area contributed by atoms with E-state index in [0.717, 1.165) is 49.7 Å². The number of anilines is 1. The van der Waals surface area contributed by atoms with E-state index in [1.807, 2.05) is 54.6 Å². The van der Waals surface area contributed by atoms with Gasteiger partial charge in [-0.2, -0.15) is 0 Å². The molecule has 1 heterocycles. The molecule has 0 saturated carbocycles. The molecule has 4 rings (SSSR count). The van der Waals surface area contributed by atoms with Gasteiger partial charge < -0.3 is 15.4 Å². The quantitative estimate of drug-likeness (QED) is 0.523. The number of piperidine rings is 1. The van der Waals surface area contributed by atoms with E-state index in [2.05, 4.69) is 45.9 Å². The highest BCUT2D eigenvalue weighted by atomic mass is 32.1. The number of ether oxygens (including phenoxy) is 1. The summed E-state index contributed by atoms with van der Waals surface area (Å²) in [6.07, 6.45) is 2.19. The molecule has 0 unspecified atom stereocenters. The van der Waals surface area contributed by atoms with E-state index >= 15 is 0 Å². The number of nitrogens with one attached hydrogen (secondary N) is 2. The minimum absolute atomic E-state index is 0.415. The van der Waals surface area contributed by atoms with Crippen LogP contribution in [0.5, 0.6) is 11.5 Å². The van der Waals surface area contributed by atoms with Crippen molar-refractivity contribution in [3.8, 4) is 11.5 Å². The number of hydrogen-bond donors (Lipinski definition) is 2. The number of benzene rings is 3. The summed E-state index contributed by atoms with van der Waals surface area (Å²) in [5.74, 6) is 1.63. The van der Waals surface area contributed by atoms with Gasteiger partial charge in [0.2, 0.25) is 0 Å². The van der Waals surface area contributed by atoms with Gasteiger partial charge in [-0.15, -0.1) is 0 Å². The first-order valence-electron chi connectivity index (χ1n) is 10.4. The molecule has 0 aromatic heterocycles. The van der Waals surface area contributed by atoms with Crippen LogP contribution in [-0.4, -0.2) is 29.1 Å². The Labute approximate surface area is 183 Å². The van der Waals surface area contributed by atoms with Gasteiger partial charge in [-0.25, -0.2) is 0 Å². The van der Waals surface area contributed by atoms with E-state index < -0.39 is 0 Å². The Morgan fingerprint density at radius 3 is 2.10 bits per heavy atom. The Morgan fingerprint density at radius 1 is 0.833 bits per heavy atom. The zero-order chi connectivity index (χ0) is 20.6. The first kappa shape index (κ1) is 20.4. The number of rotatable bonds is 6. The second kappa shape index (κ2) is 10.2. The summed E-state index contributed by atoms with van der Waals surface area (Å²) < 4.78 is 5.83. The van der Waals surface area contributed by atoms with Crippen LogP contribution < -0.4 is 15.4 Å². The summed E-state index contributed by atoms with van der Waals surface area (Å²) in [6, 6.07) is 28.7. The Morgan fingerprint density at radius 2 is 1.43 bits per heavy atom. The summed E-state index contributed by atoms with van der Waals surface area (Å²) in [6.45, 7) is 3.19. The summed E-state index contributed by atoms with van der Waals surface area (Å²) in [7, 11) is 0. The average molecular weight is 418 g/mol. The molecule has 0 radical (unpaired) electrons. The number of hydrogen-bond acceptors (Lipinski definition) is 3. The van der Waals surface area contributed by atoms with E-state index in [0.29, 0.717) is 11.2 Å². The molecule has 1 aliphatic rings. The average Bonchev–Trinajstić information content (AvgIpc) is 2.78. The summed E-state index contributed by atoms with van der Waals surface area (Å²) in [5, 5.41) is 7.43. The molecule has 0 atom stereocenters. The maximum atomic E-state index is 5.83. The molecule has 3 aromatic rings. The van der Waals surface area contributed by atoms with Crippen LogP contribution in [0.4, 0.5) is 5.69 Å². The Hall–Kier alpha value is -2.89. The van der Waals surface area contributed by atoms with Crippen molar-refractivity contribution in [2.45, 2.75) is 25.4 Å². The fourth-order valence-electron chi connectivity index (χ4n) is 3.66. The fraction of sp³-hybridized carbons (Fsp3) is 0.240. The predicted molar refractivity (Wildman–Crippen MR) is 127 cm³/mol. The first-order chi connectivity index (χ1) is 14.7. The molecule has 1 saturated heterocycles. The summed E-state index contributed by atoms with van der Waals surface area (Å²) in [4.78, 5) is 2.51. The highest BCUT2D eigenvalue weighted by Crippen LogP contribution is 2.22. The molecule has 30 heavy (non-hydrogen) atoms. The van der Waals surface area contributed by atoms with E-state index in [9.17, 15) is 0 Å². The monoisotopic (exact) mass is 417 g/mol. The Bertz CT molecular complexity index is 924. The van der Waals surface area contributed by atoms with Crippen molar-refractivity contribution in [2.24, 2.45) is 0 Å². The van der Waals surface area contributed by atoms with Crippen LogP contribution in [0.1, 0.15) is 18.4 Å². The molecular formula is C25H27N3OS. The van der Waals surface area contributed by atoms with Gasteiger partial charge in [-0.3, -0.25) is 4.90 Å². The maximum absolute atomic E-state index is 5.83. The van der Waals surface area contributed by atoms with Crippen LogP contribution in [0, 0.1) is 0 Å². The smallest absolute Gasteiger partial charge is 0.170 e. The molecular weight excluding hydrogens is 390 g/mol. The van der Waals surface area contributed by atoms with Crippen molar-refractivity contribution in [1.29, 1.82) is 0 Å².